The molecule has 0 bridgehead atoms. The summed E-state index contributed by atoms with van der Waals surface area (Å²) in [6.07, 6.45) is 2.19. The lowest BCUT2D eigenvalue weighted by Gasteiger charge is -2.27. The van der Waals surface area contributed by atoms with Gasteiger partial charge in [-0.3, -0.25) is 14.4 Å². The summed E-state index contributed by atoms with van der Waals surface area (Å²) in [5.41, 5.74) is 11.2. The van der Waals surface area contributed by atoms with Gasteiger partial charge in [0.05, 0.1) is 6.04 Å². The van der Waals surface area contributed by atoms with Crippen molar-refractivity contribution in [1.29, 1.82) is 0 Å². The number of nitrogens with zero attached hydrogens (tertiary/aromatic N) is 1. The maximum absolute atomic E-state index is 12.7. The van der Waals surface area contributed by atoms with E-state index >= 15 is 0 Å². The molecule has 0 aromatic rings. The molecule has 0 saturated carbocycles. The van der Waals surface area contributed by atoms with E-state index in [0.29, 0.717) is 32.2 Å². The number of nitrogens with one attached hydrogen (secondary N) is 1. The first-order valence-corrected chi connectivity index (χ1v) is 8.79. The third-order valence-electron chi connectivity index (χ3n) is 4.39. The molecule has 3 atom stereocenters. The zero-order valence-electron chi connectivity index (χ0n) is 14.7. The lowest BCUT2D eigenvalue weighted by atomic mass is 10.1. The molecule has 148 valence electrons. The highest BCUT2D eigenvalue weighted by molar-refractivity contribution is 5.92. The van der Waals surface area contributed by atoms with E-state index in [1.165, 1.54) is 4.90 Å². The van der Waals surface area contributed by atoms with Gasteiger partial charge in [0.2, 0.25) is 11.8 Å². The van der Waals surface area contributed by atoms with Gasteiger partial charge in [0.15, 0.2) is 0 Å². The number of unbranched alkanes of at least 4 members (excludes halogenated alkanes) is 1. The number of carboxylic acids is 2. The summed E-state index contributed by atoms with van der Waals surface area (Å²) in [5.74, 6) is -3.37. The Labute approximate surface area is 151 Å². The molecule has 1 aliphatic rings. The first-order valence-electron chi connectivity index (χ1n) is 8.79. The van der Waals surface area contributed by atoms with Crippen molar-refractivity contribution in [2.24, 2.45) is 11.5 Å². The molecule has 1 saturated heterocycles. The van der Waals surface area contributed by atoms with Gasteiger partial charge in [-0.1, -0.05) is 6.42 Å². The Balaban J connectivity index is 2.77. The van der Waals surface area contributed by atoms with E-state index in [4.69, 9.17) is 16.6 Å². The van der Waals surface area contributed by atoms with Crippen LogP contribution in [0.4, 0.5) is 0 Å². The predicted octanol–water partition coefficient (Wildman–Crippen LogP) is -1.13. The first kappa shape index (κ1) is 21.8. The van der Waals surface area contributed by atoms with E-state index in [9.17, 15) is 24.3 Å². The van der Waals surface area contributed by atoms with Crippen molar-refractivity contribution in [3.63, 3.8) is 0 Å². The Bertz CT molecular complexity index is 527. The van der Waals surface area contributed by atoms with E-state index < -0.39 is 41.9 Å². The average molecular weight is 372 g/mol. The van der Waals surface area contributed by atoms with Crippen LogP contribution in [-0.2, 0) is 19.2 Å². The molecule has 0 spiro atoms. The number of amides is 2. The quantitative estimate of drug-likeness (QED) is 0.283. The minimum atomic E-state index is -1.11. The summed E-state index contributed by atoms with van der Waals surface area (Å²) in [4.78, 5) is 48.2. The molecule has 10 heteroatoms. The van der Waals surface area contributed by atoms with Crippen molar-refractivity contribution in [3.05, 3.63) is 0 Å². The van der Waals surface area contributed by atoms with Crippen LogP contribution in [-0.4, -0.2) is 70.1 Å². The Hall–Kier alpha value is -2.20. The monoisotopic (exact) mass is 372 g/mol. The van der Waals surface area contributed by atoms with E-state index in [1.807, 2.05) is 0 Å². The number of carbonyl (C=O) groups is 4. The number of aliphatic carboxylic acids is 2. The third-order valence-corrected chi connectivity index (χ3v) is 4.39. The van der Waals surface area contributed by atoms with Crippen molar-refractivity contribution in [2.75, 3.05) is 13.1 Å². The van der Waals surface area contributed by atoms with Gasteiger partial charge in [-0.15, -0.1) is 0 Å². The molecule has 0 aromatic carbocycles. The maximum atomic E-state index is 12.7. The third kappa shape index (κ3) is 6.60. The zero-order valence-corrected chi connectivity index (χ0v) is 14.7. The highest BCUT2D eigenvalue weighted by atomic mass is 16.4. The number of carbonyl (C=O) groups excluding carboxylic acids is 2. The molecule has 2 amide bonds. The molecule has 0 aromatic heterocycles. The zero-order chi connectivity index (χ0) is 19.7. The van der Waals surface area contributed by atoms with E-state index in [1.54, 1.807) is 0 Å². The lowest BCUT2D eigenvalue weighted by Crippen LogP contribution is -2.54. The predicted molar refractivity (Wildman–Crippen MR) is 92.1 cm³/mol. The fourth-order valence-corrected chi connectivity index (χ4v) is 2.93. The number of carboxylic acid groups (broad SMARTS) is 2. The van der Waals surface area contributed by atoms with Crippen molar-refractivity contribution < 1.29 is 29.4 Å². The molecule has 3 unspecified atom stereocenters. The summed E-state index contributed by atoms with van der Waals surface area (Å²) in [6, 6.07) is -2.90. The number of nitrogens with two attached hydrogens (primary N) is 2. The van der Waals surface area contributed by atoms with Crippen LogP contribution < -0.4 is 16.8 Å². The number of hydrogen-bond donors (Lipinski definition) is 5. The first-order chi connectivity index (χ1) is 12.3. The van der Waals surface area contributed by atoms with Gasteiger partial charge in [-0.2, -0.15) is 0 Å². The fraction of sp³-hybridized carbons (Fsp3) is 0.750. The number of rotatable bonds is 11. The molecule has 26 heavy (non-hydrogen) atoms. The van der Waals surface area contributed by atoms with Gasteiger partial charge in [0.1, 0.15) is 12.1 Å². The van der Waals surface area contributed by atoms with Crippen LogP contribution in [0.2, 0.25) is 0 Å². The van der Waals surface area contributed by atoms with Gasteiger partial charge < -0.3 is 31.9 Å². The summed E-state index contributed by atoms with van der Waals surface area (Å²) in [5, 5.41) is 20.6. The Morgan fingerprint density at radius 2 is 1.85 bits per heavy atom. The van der Waals surface area contributed by atoms with Gasteiger partial charge in [0, 0.05) is 13.0 Å². The number of likely N-dealkylation sites (tertiary alicyclic amines) is 1. The van der Waals surface area contributed by atoms with Crippen LogP contribution in [0, 0.1) is 0 Å². The standard InChI is InChI=1S/C16H28N4O6/c17-8-2-1-4-10(18)14(23)19-11(6-7-13(21)22)15(24)20-9-3-5-12(20)16(25)26/h10-12H,1-9,17-18H2,(H,19,23)(H,21,22)(H,25,26). The molecule has 10 nitrogen and oxygen atoms in total. The van der Waals surface area contributed by atoms with Crippen LogP contribution in [0.5, 0.6) is 0 Å². The highest BCUT2D eigenvalue weighted by Crippen LogP contribution is 2.19. The molecule has 0 radical (unpaired) electrons. The van der Waals surface area contributed by atoms with Crippen LogP contribution in [0.15, 0.2) is 0 Å². The second-order valence-electron chi connectivity index (χ2n) is 6.41. The van der Waals surface area contributed by atoms with Gasteiger partial charge in [0.25, 0.3) is 0 Å². The lowest BCUT2D eigenvalue weighted by molar-refractivity contribution is -0.150. The second-order valence-corrected chi connectivity index (χ2v) is 6.41. The average Bonchev–Trinajstić information content (AvgIpc) is 3.07. The molecule has 1 aliphatic heterocycles. The molecular formula is C16H28N4O6. The van der Waals surface area contributed by atoms with Crippen molar-refractivity contribution in [3.8, 4) is 0 Å². The number of hydrogen-bond acceptors (Lipinski definition) is 6. The topological polar surface area (TPSA) is 176 Å². The summed E-state index contributed by atoms with van der Waals surface area (Å²) >= 11 is 0. The van der Waals surface area contributed by atoms with E-state index in [0.717, 1.165) is 6.42 Å². The Kier molecular flexibility index (Phi) is 9.00. The molecular weight excluding hydrogens is 344 g/mol. The SMILES string of the molecule is NCCCCC(N)C(=O)NC(CCC(=O)O)C(=O)N1CCCC1C(=O)O. The van der Waals surface area contributed by atoms with E-state index in [2.05, 4.69) is 5.32 Å². The second kappa shape index (κ2) is 10.7. The van der Waals surface area contributed by atoms with Crippen LogP contribution >= 0.6 is 0 Å². The van der Waals surface area contributed by atoms with Crippen molar-refractivity contribution in [2.45, 2.75) is 63.1 Å². The minimum Gasteiger partial charge on any atom is -0.481 e. The van der Waals surface area contributed by atoms with Crippen LogP contribution in [0.1, 0.15) is 44.9 Å². The molecule has 1 rings (SSSR count). The van der Waals surface area contributed by atoms with Crippen LogP contribution in [0.3, 0.4) is 0 Å². The summed E-state index contributed by atoms with van der Waals surface area (Å²) in [6.45, 7) is 0.747. The molecule has 1 heterocycles. The van der Waals surface area contributed by atoms with Gasteiger partial charge >= 0.3 is 11.9 Å². The smallest absolute Gasteiger partial charge is 0.326 e. The highest BCUT2D eigenvalue weighted by Gasteiger charge is 2.38. The van der Waals surface area contributed by atoms with Crippen molar-refractivity contribution >= 4 is 23.8 Å². The Morgan fingerprint density at radius 3 is 2.42 bits per heavy atom. The summed E-state index contributed by atoms with van der Waals surface area (Å²) < 4.78 is 0. The maximum Gasteiger partial charge on any atom is 0.326 e. The van der Waals surface area contributed by atoms with E-state index in [-0.39, 0.29) is 19.4 Å². The minimum absolute atomic E-state index is 0.127. The summed E-state index contributed by atoms with van der Waals surface area (Å²) in [7, 11) is 0. The fourth-order valence-electron chi connectivity index (χ4n) is 2.93. The Morgan fingerprint density at radius 1 is 1.15 bits per heavy atom. The largest absolute Gasteiger partial charge is 0.481 e. The molecule has 7 N–H and O–H groups in total. The van der Waals surface area contributed by atoms with Crippen LogP contribution in [0.25, 0.3) is 0 Å². The normalized spacial score (nSPS) is 19.0. The molecule has 1 fully saturated rings. The van der Waals surface area contributed by atoms with Crippen molar-refractivity contribution in [1.82, 2.24) is 10.2 Å². The van der Waals surface area contributed by atoms with Gasteiger partial charge in [-0.25, -0.2) is 4.79 Å². The molecule has 0 aliphatic carbocycles. The van der Waals surface area contributed by atoms with Gasteiger partial charge in [-0.05, 0) is 38.6 Å².